The first-order chi connectivity index (χ1) is 16.0. The summed E-state index contributed by atoms with van der Waals surface area (Å²) in [4.78, 5) is 16.9. The van der Waals surface area contributed by atoms with E-state index in [0.717, 1.165) is 17.2 Å². The van der Waals surface area contributed by atoms with Gasteiger partial charge in [-0.2, -0.15) is 18.3 Å². The molecule has 0 saturated carbocycles. The quantitative estimate of drug-likeness (QED) is 0.411. The molecule has 0 saturated heterocycles. The molecule has 0 radical (unpaired) electrons. The number of nitrogens with zero attached hydrogens (tertiary/aromatic N) is 3. The number of halogens is 3. The molecule has 2 N–H and O–H groups in total. The molecule has 2 heterocycles. The van der Waals surface area contributed by atoms with Gasteiger partial charge in [0.25, 0.3) is 0 Å². The second-order valence-electron chi connectivity index (χ2n) is 8.97. The van der Waals surface area contributed by atoms with E-state index >= 15 is 0 Å². The normalized spacial score (nSPS) is 12.2. The van der Waals surface area contributed by atoms with E-state index in [-0.39, 0.29) is 12.3 Å². The molecule has 0 aliphatic rings. The first-order valence-corrected chi connectivity index (χ1v) is 10.6. The molecule has 2 aromatic carbocycles. The number of benzene rings is 2. The number of carbonyl (C=O) groups is 1. The highest BCUT2D eigenvalue weighted by atomic mass is 19.4. The van der Waals surface area contributed by atoms with Crippen molar-refractivity contribution in [3.05, 3.63) is 71.9 Å². The van der Waals surface area contributed by atoms with Crippen LogP contribution in [-0.4, -0.2) is 25.6 Å². The molecule has 0 fully saturated rings. The van der Waals surface area contributed by atoms with Gasteiger partial charge in [0.05, 0.1) is 35.4 Å². The van der Waals surface area contributed by atoms with E-state index < -0.39 is 23.1 Å². The molecule has 0 aliphatic heterocycles. The molecule has 0 atom stereocenters. The van der Waals surface area contributed by atoms with Crippen molar-refractivity contribution < 1.29 is 23.1 Å². The number of nitrogens with one attached hydrogen (secondary N) is 1. The van der Waals surface area contributed by atoms with Crippen LogP contribution in [0.5, 0.6) is 0 Å². The van der Waals surface area contributed by atoms with E-state index in [0.29, 0.717) is 22.6 Å². The van der Waals surface area contributed by atoms with Crippen LogP contribution >= 0.6 is 0 Å². The van der Waals surface area contributed by atoms with E-state index in [9.17, 15) is 23.1 Å². The smallest absolute Gasteiger partial charge is 0.392 e. The Labute approximate surface area is 194 Å². The number of hydrogen-bond donors (Lipinski definition) is 2. The summed E-state index contributed by atoms with van der Waals surface area (Å²) in [5.74, 6) is -0.526. The lowest BCUT2D eigenvalue weighted by Gasteiger charge is -2.20. The third-order valence-corrected chi connectivity index (χ3v) is 5.28. The summed E-state index contributed by atoms with van der Waals surface area (Å²) >= 11 is 0. The molecule has 0 spiro atoms. The third kappa shape index (κ3) is 4.79. The summed E-state index contributed by atoms with van der Waals surface area (Å²) in [5, 5.41) is 16.3. The SMILES string of the molecule is CC(C)(C)C(=O)Nc1cc(-c2cn3nc(-c4cccc(CO)c4)ccc3n2)ccc1C(F)(F)F. The zero-order chi connectivity index (χ0) is 24.7. The minimum atomic E-state index is -4.63. The van der Waals surface area contributed by atoms with Gasteiger partial charge in [0.15, 0.2) is 5.65 Å². The summed E-state index contributed by atoms with van der Waals surface area (Å²) in [6.07, 6.45) is -3.01. The van der Waals surface area contributed by atoms with Crippen molar-refractivity contribution in [3.63, 3.8) is 0 Å². The van der Waals surface area contributed by atoms with Crippen molar-refractivity contribution >= 4 is 17.2 Å². The van der Waals surface area contributed by atoms with Gasteiger partial charge in [-0.15, -0.1) is 0 Å². The highest BCUT2D eigenvalue weighted by Gasteiger charge is 2.35. The summed E-state index contributed by atoms with van der Waals surface area (Å²) in [6, 6.07) is 14.4. The zero-order valence-corrected chi connectivity index (χ0v) is 18.8. The maximum absolute atomic E-state index is 13.6. The monoisotopic (exact) mass is 468 g/mol. The molecule has 2 aromatic heterocycles. The predicted octanol–water partition coefficient (Wildman–Crippen LogP) is 5.56. The van der Waals surface area contributed by atoms with Gasteiger partial charge >= 0.3 is 6.18 Å². The fourth-order valence-electron chi connectivity index (χ4n) is 3.37. The number of rotatable bonds is 4. The third-order valence-electron chi connectivity index (χ3n) is 5.28. The van der Waals surface area contributed by atoms with E-state index in [1.807, 2.05) is 18.2 Å². The number of aliphatic hydroxyl groups is 1. The molecular formula is C25H23F3N4O2. The predicted molar refractivity (Wildman–Crippen MR) is 123 cm³/mol. The molecule has 34 heavy (non-hydrogen) atoms. The number of imidazole rings is 1. The van der Waals surface area contributed by atoms with Gasteiger partial charge < -0.3 is 10.4 Å². The van der Waals surface area contributed by atoms with Crippen LogP contribution < -0.4 is 5.32 Å². The van der Waals surface area contributed by atoms with Crippen LogP contribution in [0.4, 0.5) is 18.9 Å². The number of alkyl halides is 3. The lowest BCUT2D eigenvalue weighted by Crippen LogP contribution is -2.28. The van der Waals surface area contributed by atoms with Crippen molar-refractivity contribution in [2.75, 3.05) is 5.32 Å². The summed E-state index contributed by atoms with van der Waals surface area (Å²) in [7, 11) is 0. The number of amides is 1. The van der Waals surface area contributed by atoms with Crippen molar-refractivity contribution in [1.82, 2.24) is 14.6 Å². The Morgan fingerprint density at radius 1 is 1.00 bits per heavy atom. The first-order valence-electron chi connectivity index (χ1n) is 10.6. The summed E-state index contributed by atoms with van der Waals surface area (Å²) in [5.41, 5.74) is 1.43. The average molecular weight is 468 g/mol. The van der Waals surface area contributed by atoms with Gasteiger partial charge in [-0.25, -0.2) is 9.50 Å². The Kier molecular flexibility index (Phi) is 5.91. The maximum atomic E-state index is 13.6. The Morgan fingerprint density at radius 3 is 2.41 bits per heavy atom. The zero-order valence-electron chi connectivity index (χ0n) is 18.8. The fraction of sp³-hybridized carbons (Fsp3) is 0.240. The number of carbonyl (C=O) groups excluding carboxylic acids is 1. The Balaban J connectivity index is 1.74. The number of aromatic nitrogens is 3. The van der Waals surface area contributed by atoms with Crippen molar-refractivity contribution in [2.45, 2.75) is 33.6 Å². The van der Waals surface area contributed by atoms with Gasteiger partial charge in [0.1, 0.15) is 0 Å². The average Bonchev–Trinajstić information content (AvgIpc) is 3.21. The topological polar surface area (TPSA) is 79.5 Å². The molecule has 0 unspecified atom stereocenters. The minimum absolute atomic E-state index is 0.0900. The second kappa shape index (κ2) is 8.57. The van der Waals surface area contributed by atoms with Gasteiger partial charge in [0.2, 0.25) is 5.91 Å². The first kappa shape index (κ1) is 23.4. The second-order valence-corrected chi connectivity index (χ2v) is 8.97. The Hall–Kier alpha value is -3.72. The highest BCUT2D eigenvalue weighted by Crippen LogP contribution is 2.38. The summed E-state index contributed by atoms with van der Waals surface area (Å²) < 4.78 is 42.2. The molecule has 4 rings (SSSR count). The van der Waals surface area contributed by atoms with Crippen molar-refractivity contribution in [3.8, 4) is 22.5 Å². The molecule has 0 bridgehead atoms. The van der Waals surface area contributed by atoms with E-state index in [1.165, 1.54) is 12.1 Å². The van der Waals surface area contributed by atoms with Crippen LogP contribution in [0.1, 0.15) is 31.9 Å². The van der Waals surface area contributed by atoms with Crippen LogP contribution in [0.25, 0.3) is 28.2 Å². The van der Waals surface area contributed by atoms with Crippen molar-refractivity contribution in [2.24, 2.45) is 5.41 Å². The standard InChI is InChI=1S/C25H23F3N4O2/c1-24(2,3)23(34)30-20-12-17(7-8-18(20)25(26,27)28)21-13-32-22(29-21)10-9-19(31-32)16-6-4-5-15(11-16)14-33/h4-13,33H,14H2,1-3H3,(H,30,34). The lowest BCUT2D eigenvalue weighted by atomic mass is 9.95. The highest BCUT2D eigenvalue weighted by molar-refractivity contribution is 5.96. The van der Waals surface area contributed by atoms with E-state index in [2.05, 4.69) is 15.4 Å². The molecule has 1 amide bonds. The van der Waals surface area contributed by atoms with Crippen LogP contribution in [0.3, 0.4) is 0 Å². The van der Waals surface area contributed by atoms with Gasteiger partial charge in [-0.05, 0) is 35.9 Å². The molecule has 4 aromatic rings. The molecule has 0 aliphatic carbocycles. The van der Waals surface area contributed by atoms with E-state index in [4.69, 9.17) is 0 Å². The van der Waals surface area contributed by atoms with Crippen LogP contribution in [-0.2, 0) is 17.6 Å². The lowest BCUT2D eigenvalue weighted by molar-refractivity contribution is -0.137. The van der Waals surface area contributed by atoms with Gasteiger partial charge in [0, 0.05) is 16.5 Å². The number of fused-ring (bicyclic) bond motifs is 1. The largest absolute Gasteiger partial charge is 0.418 e. The molecule has 176 valence electrons. The van der Waals surface area contributed by atoms with Crippen LogP contribution in [0.2, 0.25) is 0 Å². The number of anilines is 1. The van der Waals surface area contributed by atoms with Crippen molar-refractivity contribution in [1.29, 1.82) is 0 Å². The minimum Gasteiger partial charge on any atom is -0.392 e. The number of hydrogen-bond acceptors (Lipinski definition) is 4. The van der Waals surface area contributed by atoms with Crippen LogP contribution in [0.15, 0.2) is 60.8 Å². The molecule has 9 heteroatoms. The van der Waals surface area contributed by atoms with Gasteiger partial charge in [-0.3, -0.25) is 4.79 Å². The molecular weight excluding hydrogens is 445 g/mol. The Morgan fingerprint density at radius 2 is 1.74 bits per heavy atom. The van der Waals surface area contributed by atoms with E-state index in [1.54, 1.807) is 49.7 Å². The van der Waals surface area contributed by atoms with Gasteiger partial charge in [-0.1, -0.05) is 45.0 Å². The number of aliphatic hydroxyl groups excluding tert-OH is 1. The van der Waals surface area contributed by atoms with Crippen LogP contribution in [0, 0.1) is 5.41 Å². The Bertz CT molecular complexity index is 1370. The maximum Gasteiger partial charge on any atom is 0.418 e. The summed E-state index contributed by atoms with van der Waals surface area (Å²) in [6.45, 7) is 4.79. The molecule has 6 nitrogen and oxygen atoms in total. The fourth-order valence-corrected chi connectivity index (χ4v) is 3.37.